The summed E-state index contributed by atoms with van der Waals surface area (Å²) in [5.41, 5.74) is 8.46. The fourth-order valence-electron chi connectivity index (χ4n) is 3.42. The predicted octanol–water partition coefficient (Wildman–Crippen LogP) is 3.21. The molecule has 1 aliphatic heterocycles. The summed E-state index contributed by atoms with van der Waals surface area (Å²) >= 11 is 0. The number of nitrogen functional groups attached to an aromatic ring is 1. The molecule has 1 fully saturated rings. The van der Waals surface area contributed by atoms with E-state index in [0.717, 1.165) is 29.7 Å². The van der Waals surface area contributed by atoms with Crippen molar-refractivity contribution >= 4 is 22.3 Å². The van der Waals surface area contributed by atoms with Gasteiger partial charge in [0, 0.05) is 30.4 Å². The second kappa shape index (κ2) is 4.60. The molecule has 4 nitrogen and oxygen atoms in total. The molecule has 0 atom stereocenters. The van der Waals surface area contributed by atoms with Crippen molar-refractivity contribution in [3.8, 4) is 0 Å². The highest BCUT2D eigenvalue weighted by Crippen LogP contribution is 2.35. The summed E-state index contributed by atoms with van der Waals surface area (Å²) in [5, 5.41) is 1.10. The molecule has 1 aliphatic rings. The van der Waals surface area contributed by atoms with Crippen LogP contribution in [0.3, 0.4) is 0 Å². The minimum Gasteiger partial charge on any atom is -0.397 e. The molecular formula is C17H23N3O. The van der Waals surface area contributed by atoms with Crippen molar-refractivity contribution in [2.24, 2.45) is 0 Å². The minimum absolute atomic E-state index is 0.183. The van der Waals surface area contributed by atoms with Crippen LogP contribution in [0.5, 0.6) is 0 Å². The molecule has 2 N–H and O–H groups in total. The van der Waals surface area contributed by atoms with E-state index in [2.05, 4.69) is 49.7 Å². The van der Waals surface area contributed by atoms with E-state index in [1.807, 2.05) is 18.3 Å². The van der Waals surface area contributed by atoms with Crippen molar-refractivity contribution in [2.45, 2.75) is 38.9 Å². The molecule has 2 aromatic rings. The fourth-order valence-corrected chi connectivity index (χ4v) is 3.42. The van der Waals surface area contributed by atoms with Gasteiger partial charge in [0.15, 0.2) is 0 Å². The highest BCUT2D eigenvalue weighted by Gasteiger charge is 2.38. The van der Waals surface area contributed by atoms with Crippen LogP contribution < -0.4 is 10.6 Å². The molecule has 1 aromatic carbocycles. The first-order chi connectivity index (χ1) is 9.77. The summed E-state index contributed by atoms with van der Waals surface area (Å²) in [6.07, 6.45) is 1.84. The summed E-state index contributed by atoms with van der Waals surface area (Å²) in [4.78, 5) is 6.81. The second-order valence-electron chi connectivity index (χ2n) is 7.05. The van der Waals surface area contributed by atoms with Gasteiger partial charge in [0.05, 0.1) is 22.4 Å². The normalized spacial score (nSPS) is 20.7. The summed E-state index contributed by atoms with van der Waals surface area (Å²) in [6, 6.07) is 8.04. The van der Waals surface area contributed by atoms with E-state index in [1.54, 1.807) is 0 Å². The van der Waals surface area contributed by atoms with Crippen molar-refractivity contribution in [3.63, 3.8) is 0 Å². The maximum absolute atomic E-state index is 6.17. The zero-order chi connectivity index (χ0) is 15.3. The average molecular weight is 285 g/mol. The highest BCUT2D eigenvalue weighted by atomic mass is 16.5. The number of morpholine rings is 1. The number of rotatable bonds is 1. The highest BCUT2D eigenvalue weighted by molar-refractivity contribution is 5.98. The van der Waals surface area contributed by atoms with Crippen molar-refractivity contribution in [1.29, 1.82) is 0 Å². The molecule has 0 amide bonds. The van der Waals surface area contributed by atoms with E-state index in [1.165, 1.54) is 5.69 Å². The second-order valence-corrected chi connectivity index (χ2v) is 7.05. The van der Waals surface area contributed by atoms with E-state index >= 15 is 0 Å². The Labute approximate surface area is 125 Å². The third-order valence-electron chi connectivity index (χ3n) is 3.82. The maximum Gasteiger partial charge on any atom is 0.0951 e. The van der Waals surface area contributed by atoms with Crippen LogP contribution in [0.2, 0.25) is 0 Å². The van der Waals surface area contributed by atoms with Gasteiger partial charge < -0.3 is 15.4 Å². The lowest BCUT2D eigenvalue weighted by atomic mass is 9.97. The van der Waals surface area contributed by atoms with Crippen LogP contribution in [0, 0.1) is 0 Å². The summed E-state index contributed by atoms with van der Waals surface area (Å²) < 4.78 is 6.17. The van der Waals surface area contributed by atoms with Gasteiger partial charge in [0.25, 0.3) is 0 Å². The van der Waals surface area contributed by atoms with Gasteiger partial charge >= 0.3 is 0 Å². The molecule has 4 heteroatoms. The number of aromatic nitrogens is 1. The Morgan fingerprint density at radius 1 is 1.10 bits per heavy atom. The summed E-state index contributed by atoms with van der Waals surface area (Å²) in [7, 11) is 0. The summed E-state index contributed by atoms with van der Waals surface area (Å²) in [5.74, 6) is 0. The van der Waals surface area contributed by atoms with Crippen LogP contribution in [0.15, 0.2) is 30.5 Å². The zero-order valence-electron chi connectivity index (χ0n) is 13.2. The standard InChI is InChI=1S/C17H23N3O/c1-16(2)10-20(11-17(3,4)21-16)14-8-9-19-15-12(14)6-5-7-13(15)18/h5-9H,10-11,18H2,1-4H3. The van der Waals surface area contributed by atoms with Crippen molar-refractivity contribution in [2.75, 3.05) is 23.7 Å². The molecule has 0 spiro atoms. The Kier molecular flexibility index (Phi) is 3.10. The minimum atomic E-state index is -0.183. The number of hydrogen-bond donors (Lipinski definition) is 1. The van der Waals surface area contributed by atoms with Gasteiger partial charge in [0.2, 0.25) is 0 Å². The van der Waals surface area contributed by atoms with Crippen LogP contribution in [-0.2, 0) is 4.74 Å². The zero-order valence-corrected chi connectivity index (χ0v) is 13.2. The molecule has 1 saturated heterocycles. The van der Waals surface area contributed by atoms with Gasteiger partial charge in [-0.3, -0.25) is 4.98 Å². The lowest BCUT2D eigenvalue weighted by Crippen LogP contribution is -2.57. The number of ether oxygens (including phenoxy) is 1. The van der Waals surface area contributed by atoms with Crippen LogP contribution in [0.25, 0.3) is 10.9 Å². The number of nitrogens with zero attached hydrogens (tertiary/aromatic N) is 2. The molecule has 0 bridgehead atoms. The van der Waals surface area contributed by atoms with Gasteiger partial charge in [-0.05, 0) is 39.8 Å². The van der Waals surface area contributed by atoms with Gasteiger partial charge in [0.1, 0.15) is 0 Å². The molecule has 0 saturated carbocycles. The Morgan fingerprint density at radius 2 is 1.76 bits per heavy atom. The predicted molar refractivity (Wildman–Crippen MR) is 87.6 cm³/mol. The Bertz CT molecular complexity index is 663. The topological polar surface area (TPSA) is 51.4 Å². The van der Waals surface area contributed by atoms with Gasteiger partial charge in [-0.2, -0.15) is 0 Å². The lowest BCUT2D eigenvalue weighted by Gasteiger charge is -2.48. The van der Waals surface area contributed by atoms with Gasteiger partial charge in [-0.25, -0.2) is 0 Å². The number of nitrogens with two attached hydrogens (primary N) is 1. The number of anilines is 2. The number of pyridine rings is 1. The molecular weight excluding hydrogens is 262 g/mol. The first-order valence-corrected chi connectivity index (χ1v) is 7.36. The van der Waals surface area contributed by atoms with Crippen LogP contribution in [-0.4, -0.2) is 29.3 Å². The Hall–Kier alpha value is -1.81. The number of benzene rings is 1. The van der Waals surface area contributed by atoms with E-state index in [-0.39, 0.29) is 11.2 Å². The average Bonchev–Trinajstić information content (AvgIpc) is 2.35. The molecule has 112 valence electrons. The molecule has 3 rings (SSSR count). The lowest BCUT2D eigenvalue weighted by molar-refractivity contribution is -0.133. The molecule has 21 heavy (non-hydrogen) atoms. The maximum atomic E-state index is 6.17. The molecule has 0 aliphatic carbocycles. The first-order valence-electron chi connectivity index (χ1n) is 7.36. The van der Waals surface area contributed by atoms with Gasteiger partial charge in [-0.15, -0.1) is 0 Å². The number of hydrogen-bond acceptors (Lipinski definition) is 4. The SMILES string of the molecule is CC1(C)CN(c2ccnc3c(N)cccc23)CC(C)(C)O1. The van der Waals surface area contributed by atoms with E-state index in [4.69, 9.17) is 10.5 Å². The Balaban J connectivity index is 2.10. The van der Waals surface area contributed by atoms with Crippen LogP contribution in [0.4, 0.5) is 11.4 Å². The fraction of sp³-hybridized carbons (Fsp3) is 0.471. The third kappa shape index (κ3) is 2.68. The van der Waals surface area contributed by atoms with Crippen LogP contribution in [0.1, 0.15) is 27.7 Å². The first kappa shape index (κ1) is 14.1. The smallest absolute Gasteiger partial charge is 0.0951 e. The van der Waals surface area contributed by atoms with Crippen molar-refractivity contribution < 1.29 is 4.74 Å². The molecule has 0 radical (unpaired) electrons. The van der Waals surface area contributed by atoms with E-state index in [9.17, 15) is 0 Å². The molecule has 1 aromatic heterocycles. The molecule has 2 heterocycles. The third-order valence-corrected chi connectivity index (χ3v) is 3.82. The van der Waals surface area contributed by atoms with Crippen molar-refractivity contribution in [3.05, 3.63) is 30.5 Å². The van der Waals surface area contributed by atoms with Crippen molar-refractivity contribution in [1.82, 2.24) is 4.98 Å². The largest absolute Gasteiger partial charge is 0.397 e. The van der Waals surface area contributed by atoms with Gasteiger partial charge in [-0.1, -0.05) is 12.1 Å². The quantitative estimate of drug-likeness (QED) is 0.817. The van der Waals surface area contributed by atoms with E-state index < -0.39 is 0 Å². The molecule has 0 unspecified atom stereocenters. The summed E-state index contributed by atoms with van der Waals surface area (Å²) in [6.45, 7) is 10.3. The van der Waals surface area contributed by atoms with E-state index in [0.29, 0.717) is 0 Å². The monoisotopic (exact) mass is 285 g/mol. The number of fused-ring (bicyclic) bond motifs is 1. The Morgan fingerprint density at radius 3 is 2.43 bits per heavy atom. The van der Waals surface area contributed by atoms with Crippen LogP contribution >= 0.6 is 0 Å². The number of para-hydroxylation sites is 1.